The number of nitrogens with one attached hydrogen (secondary N) is 4. The summed E-state index contributed by atoms with van der Waals surface area (Å²) in [7, 11) is 1.87. The Kier molecular flexibility index (Phi) is 5.75. The van der Waals surface area contributed by atoms with Gasteiger partial charge in [0, 0.05) is 49.7 Å². The number of amides is 3. The fourth-order valence-corrected chi connectivity index (χ4v) is 3.24. The third-order valence-electron chi connectivity index (χ3n) is 4.53. The van der Waals surface area contributed by atoms with E-state index in [9.17, 15) is 9.59 Å². The van der Waals surface area contributed by atoms with E-state index in [0.29, 0.717) is 17.9 Å². The van der Waals surface area contributed by atoms with Gasteiger partial charge >= 0.3 is 6.03 Å². The summed E-state index contributed by atoms with van der Waals surface area (Å²) in [5.74, 6) is -0.0599. The molecule has 1 aliphatic heterocycles. The number of benzene rings is 1. The smallest absolute Gasteiger partial charge is 0.319 e. The topological polar surface area (TPSA) is 100 Å². The van der Waals surface area contributed by atoms with E-state index >= 15 is 0 Å². The maximum Gasteiger partial charge on any atom is 0.319 e. The molecule has 0 saturated carbocycles. The monoisotopic (exact) mass is 370 g/mol. The zero-order valence-corrected chi connectivity index (χ0v) is 15.8. The van der Waals surface area contributed by atoms with E-state index in [1.54, 1.807) is 28.9 Å². The number of rotatable bonds is 5. The number of urea groups is 1. The van der Waals surface area contributed by atoms with Crippen LogP contribution in [0.2, 0.25) is 0 Å². The summed E-state index contributed by atoms with van der Waals surface area (Å²) >= 11 is 0. The van der Waals surface area contributed by atoms with E-state index in [1.165, 1.54) is 0 Å². The Bertz CT molecular complexity index is 799. The Balaban J connectivity index is 1.59. The highest BCUT2D eigenvalue weighted by molar-refractivity contribution is 5.94. The fraction of sp³-hybridized carbons (Fsp3) is 0.421. The summed E-state index contributed by atoms with van der Waals surface area (Å²) in [6.07, 6.45) is 3.78. The molecule has 144 valence electrons. The molecule has 3 amide bonds. The van der Waals surface area contributed by atoms with E-state index in [4.69, 9.17) is 0 Å². The maximum absolute atomic E-state index is 12.7. The number of carbonyl (C=O) groups is 2. The van der Waals surface area contributed by atoms with Gasteiger partial charge in [0.05, 0.1) is 12.1 Å². The highest BCUT2D eigenvalue weighted by atomic mass is 16.2. The third kappa shape index (κ3) is 4.85. The molecule has 8 heteroatoms. The lowest BCUT2D eigenvalue weighted by molar-refractivity contribution is -0.119. The molecule has 27 heavy (non-hydrogen) atoms. The molecule has 1 fully saturated rings. The number of anilines is 2. The second-order valence-corrected chi connectivity index (χ2v) is 7.14. The van der Waals surface area contributed by atoms with Crippen LogP contribution in [0.4, 0.5) is 16.2 Å². The Labute approximate surface area is 158 Å². The van der Waals surface area contributed by atoms with Crippen LogP contribution in [-0.2, 0) is 11.8 Å². The second-order valence-electron chi connectivity index (χ2n) is 7.14. The van der Waals surface area contributed by atoms with Crippen molar-refractivity contribution in [1.82, 2.24) is 20.4 Å². The molecule has 2 heterocycles. The summed E-state index contributed by atoms with van der Waals surface area (Å²) in [4.78, 5) is 24.5. The van der Waals surface area contributed by atoms with Crippen LogP contribution in [0.15, 0.2) is 36.7 Å². The molecule has 0 aliphatic carbocycles. The molecule has 0 spiro atoms. The quantitative estimate of drug-likeness (QED) is 0.646. The Hall–Kier alpha value is -2.87. The van der Waals surface area contributed by atoms with Crippen LogP contribution in [0.25, 0.3) is 0 Å². The minimum Gasteiger partial charge on any atom is -0.336 e. The van der Waals surface area contributed by atoms with Gasteiger partial charge < -0.3 is 21.3 Å². The van der Waals surface area contributed by atoms with Gasteiger partial charge in [0.15, 0.2) is 0 Å². The van der Waals surface area contributed by atoms with Gasteiger partial charge in [-0.2, -0.15) is 5.10 Å². The average molecular weight is 370 g/mol. The second kappa shape index (κ2) is 8.22. The molecule has 2 aromatic rings. The van der Waals surface area contributed by atoms with Gasteiger partial charge in [-0.15, -0.1) is 0 Å². The van der Waals surface area contributed by atoms with Gasteiger partial charge in [0.2, 0.25) is 5.91 Å². The zero-order chi connectivity index (χ0) is 19.4. The summed E-state index contributed by atoms with van der Waals surface area (Å²) in [5, 5.41) is 16.0. The summed E-state index contributed by atoms with van der Waals surface area (Å²) in [5.41, 5.74) is 2.44. The van der Waals surface area contributed by atoms with Crippen molar-refractivity contribution in [3.8, 4) is 0 Å². The Morgan fingerprint density at radius 2 is 1.81 bits per heavy atom. The van der Waals surface area contributed by atoms with Gasteiger partial charge in [-0.05, 0) is 43.7 Å². The fourth-order valence-electron chi connectivity index (χ4n) is 3.24. The number of aromatic nitrogens is 2. The molecule has 4 N–H and O–H groups in total. The molecule has 0 unspecified atom stereocenters. The number of hydrogen-bond acceptors (Lipinski definition) is 4. The molecular weight excluding hydrogens is 344 g/mol. The van der Waals surface area contributed by atoms with Crippen molar-refractivity contribution in [2.75, 3.05) is 23.7 Å². The molecule has 1 saturated heterocycles. The molecule has 8 nitrogen and oxygen atoms in total. The van der Waals surface area contributed by atoms with Crippen LogP contribution < -0.4 is 21.3 Å². The standard InChI is InChI=1S/C19H26N6O2/c1-12(2)22-19(27)24-15-6-4-14(5-7-15)23-18(26)17-10-20-9-16(17)13-8-21-25(3)11-13/h4-8,11-12,16-17,20H,9-10H2,1-3H3,(H,23,26)(H2,22,24,27)/t16-,17+/m1/s1. The Morgan fingerprint density at radius 1 is 1.15 bits per heavy atom. The van der Waals surface area contributed by atoms with Crippen LogP contribution in [0.5, 0.6) is 0 Å². The molecule has 1 aromatic heterocycles. The highest BCUT2D eigenvalue weighted by Gasteiger charge is 2.34. The Morgan fingerprint density at radius 3 is 2.41 bits per heavy atom. The lowest BCUT2D eigenvalue weighted by atomic mass is 9.90. The first-order valence-electron chi connectivity index (χ1n) is 9.10. The van der Waals surface area contributed by atoms with Crippen molar-refractivity contribution in [3.05, 3.63) is 42.2 Å². The number of carbonyl (C=O) groups excluding carboxylic acids is 2. The van der Waals surface area contributed by atoms with Crippen LogP contribution in [0, 0.1) is 5.92 Å². The summed E-state index contributed by atoms with van der Waals surface area (Å²) < 4.78 is 1.75. The van der Waals surface area contributed by atoms with E-state index in [1.807, 2.05) is 33.3 Å². The first-order chi connectivity index (χ1) is 12.9. The van der Waals surface area contributed by atoms with Crippen molar-refractivity contribution in [1.29, 1.82) is 0 Å². The number of nitrogens with zero attached hydrogens (tertiary/aromatic N) is 2. The predicted octanol–water partition coefficient (Wildman–Crippen LogP) is 1.89. The van der Waals surface area contributed by atoms with Gasteiger partial charge in [0.25, 0.3) is 0 Å². The minimum atomic E-state index is -0.252. The van der Waals surface area contributed by atoms with Gasteiger partial charge in [-0.1, -0.05) is 0 Å². The van der Waals surface area contributed by atoms with Crippen molar-refractivity contribution >= 4 is 23.3 Å². The van der Waals surface area contributed by atoms with Crippen molar-refractivity contribution in [3.63, 3.8) is 0 Å². The molecule has 2 atom stereocenters. The highest BCUT2D eigenvalue weighted by Crippen LogP contribution is 2.29. The average Bonchev–Trinajstić information content (AvgIpc) is 3.24. The van der Waals surface area contributed by atoms with E-state index < -0.39 is 0 Å². The van der Waals surface area contributed by atoms with Crippen LogP contribution in [0.1, 0.15) is 25.3 Å². The maximum atomic E-state index is 12.7. The first-order valence-corrected chi connectivity index (χ1v) is 9.10. The van der Waals surface area contributed by atoms with Crippen molar-refractivity contribution in [2.24, 2.45) is 13.0 Å². The van der Waals surface area contributed by atoms with Gasteiger partial charge in [0.1, 0.15) is 0 Å². The number of hydrogen-bond donors (Lipinski definition) is 4. The lowest BCUT2D eigenvalue weighted by Crippen LogP contribution is -2.34. The van der Waals surface area contributed by atoms with E-state index in [-0.39, 0.29) is 29.8 Å². The largest absolute Gasteiger partial charge is 0.336 e. The summed E-state index contributed by atoms with van der Waals surface area (Å²) in [6.45, 7) is 5.20. The predicted molar refractivity (Wildman–Crippen MR) is 105 cm³/mol. The lowest BCUT2D eigenvalue weighted by Gasteiger charge is -2.17. The summed E-state index contributed by atoms with van der Waals surface area (Å²) in [6, 6.07) is 6.91. The van der Waals surface area contributed by atoms with Crippen LogP contribution >= 0.6 is 0 Å². The number of aryl methyl sites for hydroxylation is 1. The zero-order valence-electron chi connectivity index (χ0n) is 15.8. The van der Waals surface area contributed by atoms with E-state index in [0.717, 1.165) is 12.1 Å². The minimum absolute atomic E-state index is 0.0212. The van der Waals surface area contributed by atoms with Crippen LogP contribution in [0.3, 0.4) is 0 Å². The molecule has 0 bridgehead atoms. The third-order valence-corrected chi connectivity index (χ3v) is 4.53. The molecular formula is C19H26N6O2. The first kappa shape index (κ1) is 18.9. The normalized spacial score (nSPS) is 19.1. The van der Waals surface area contributed by atoms with Gasteiger partial charge in [-0.3, -0.25) is 9.48 Å². The SMILES string of the molecule is CC(C)NC(=O)Nc1ccc(NC(=O)[C@H]2CNC[C@@H]2c2cnn(C)c2)cc1. The van der Waals surface area contributed by atoms with Crippen molar-refractivity contribution < 1.29 is 9.59 Å². The van der Waals surface area contributed by atoms with E-state index in [2.05, 4.69) is 26.4 Å². The van der Waals surface area contributed by atoms with Crippen molar-refractivity contribution in [2.45, 2.75) is 25.8 Å². The molecule has 1 aromatic carbocycles. The van der Waals surface area contributed by atoms with Gasteiger partial charge in [-0.25, -0.2) is 4.79 Å². The van der Waals surface area contributed by atoms with Crippen LogP contribution in [-0.4, -0.2) is 40.9 Å². The molecule has 1 aliphatic rings. The molecule has 3 rings (SSSR count). The molecule has 0 radical (unpaired) electrons.